The van der Waals surface area contributed by atoms with Gasteiger partial charge in [-0.05, 0) is 0 Å². The van der Waals surface area contributed by atoms with Gasteiger partial charge in [0.2, 0.25) is 0 Å². The Morgan fingerprint density at radius 2 is 1.93 bits per heavy atom. The van der Waals surface area contributed by atoms with Crippen molar-refractivity contribution in [2.24, 2.45) is 0 Å². The van der Waals surface area contributed by atoms with Crippen molar-refractivity contribution < 1.29 is 23.8 Å². The Balaban J connectivity index is 4.09. The van der Waals surface area contributed by atoms with Crippen LogP contribution in [0.4, 0.5) is 0 Å². The molecule has 6 heteroatoms. The molecular formula is C8H12O5S. The number of rotatable bonds is 5. The van der Waals surface area contributed by atoms with Crippen LogP contribution in [0.3, 0.4) is 0 Å². The molecule has 0 radical (unpaired) electrons. The maximum Gasteiger partial charge on any atom is 0.334 e. The minimum atomic E-state index is -0.566. The SMILES string of the molecule is COC(=O)C=C(COC(=O)CS)OC. The second-order valence-corrected chi connectivity index (χ2v) is 2.47. The van der Waals surface area contributed by atoms with Gasteiger partial charge in [0, 0.05) is 0 Å². The first kappa shape index (κ1) is 12.8. The first-order valence-electron chi connectivity index (χ1n) is 3.73. The summed E-state index contributed by atoms with van der Waals surface area (Å²) in [5, 5.41) is 0. The van der Waals surface area contributed by atoms with Gasteiger partial charge in [-0.3, -0.25) is 4.79 Å². The van der Waals surface area contributed by atoms with Crippen LogP contribution in [0.5, 0.6) is 0 Å². The van der Waals surface area contributed by atoms with Crippen LogP contribution in [0.25, 0.3) is 0 Å². The zero-order valence-corrected chi connectivity index (χ0v) is 8.87. The molecule has 0 saturated heterocycles. The van der Waals surface area contributed by atoms with E-state index in [9.17, 15) is 9.59 Å². The monoisotopic (exact) mass is 220 g/mol. The van der Waals surface area contributed by atoms with Gasteiger partial charge in [0.05, 0.1) is 26.0 Å². The lowest BCUT2D eigenvalue weighted by Crippen LogP contribution is -2.11. The predicted octanol–water partition coefficient (Wildman–Crippen LogP) is 0.163. The third kappa shape index (κ3) is 5.47. The Kier molecular flexibility index (Phi) is 6.65. The van der Waals surface area contributed by atoms with E-state index in [0.29, 0.717) is 0 Å². The molecule has 80 valence electrons. The molecule has 0 heterocycles. The normalized spacial score (nSPS) is 10.6. The van der Waals surface area contributed by atoms with E-state index in [1.807, 2.05) is 0 Å². The highest BCUT2D eigenvalue weighted by atomic mass is 32.1. The summed E-state index contributed by atoms with van der Waals surface area (Å²) < 4.78 is 13.8. The second kappa shape index (κ2) is 7.25. The fourth-order valence-electron chi connectivity index (χ4n) is 0.547. The number of carbonyl (C=O) groups is 2. The van der Waals surface area contributed by atoms with Crippen molar-refractivity contribution in [3.63, 3.8) is 0 Å². The number of hydrogen-bond donors (Lipinski definition) is 1. The van der Waals surface area contributed by atoms with E-state index >= 15 is 0 Å². The zero-order valence-electron chi connectivity index (χ0n) is 7.98. The lowest BCUT2D eigenvalue weighted by Gasteiger charge is -2.05. The maximum atomic E-state index is 10.8. The molecule has 0 aliphatic rings. The quantitative estimate of drug-likeness (QED) is 0.309. The van der Waals surface area contributed by atoms with Gasteiger partial charge in [-0.15, -0.1) is 0 Å². The molecular weight excluding hydrogens is 208 g/mol. The minimum Gasteiger partial charge on any atom is -0.497 e. The summed E-state index contributed by atoms with van der Waals surface area (Å²) >= 11 is 3.71. The van der Waals surface area contributed by atoms with Gasteiger partial charge in [-0.1, -0.05) is 0 Å². The number of esters is 2. The summed E-state index contributed by atoms with van der Waals surface area (Å²) in [5.74, 6) is -0.855. The highest BCUT2D eigenvalue weighted by molar-refractivity contribution is 7.81. The third-order valence-electron chi connectivity index (χ3n) is 1.25. The Bertz CT molecular complexity index is 236. The molecule has 5 nitrogen and oxygen atoms in total. The van der Waals surface area contributed by atoms with E-state index in [1.54, 1.807) is 0 Å². The molecule has 0 spiro atoms. The van der Waals surface area contributed by atoms with E-state index in [4.69, 9.17) is 4.74 Å². The number of carbonyl (C=O) groups excluding carboxylic acids is 2. The number of methoxy groups -OCH3 is 2. The predicted molar refractivity (Wildman–Crippen MR) is 51.9 cm³/mol. The summed E-state index contributed by atoms with van der Waals surface area (Å²) in [6, 6.07) is 0. The van der Waals surface area contributed by atoms with Gasteiger partial charge in [0.25, 0.3) is 0 Å². The average molecular weight is 220 g/mol. The molecule has 0 rings (SSSR count). The van der Waals surface area contributed by atoms with Crippen molar-refractivity contribution in [1.82, 2.24) is 0 Å². The fourth-order valence-corrected chi connectivity index (χ4v) is 0.638. The van der Waals surface area contributed by atoms with Crippen LogP contribution in [0.2, 0.25) is 0 Å². The Hall–Kier alpha value is -1.17. The lowest BCUT2D eigenvalue weighted by atomic mass is 10.4. The van der Waals surface area contributed by atoms with E-state index in [-0.39, 0.29) is 18.1 Å². The molecule has 0 aromatic heterocycles. The van der Waals surface area contributed by atoms with E-state index in [0.717, 1.165) is 6.08 Å². The van der Waals surface area contributed by atoms with Gasteiger partial charge in [-0.25, -0.2) is 4.79 Å². The van der Waals surface area contributed by atoms with Crippen LogP contribution >= 0.6 is 12.6 Å². The molecule has 0 aromatic rings. The van der Waals surface area contributed by atoms with Crippen LogP contribution in [0, 0.1) is 0 Å². The molecule has 0 aromatic carbocycles. The molecule has 0 aliphatic heterocycles. The van der Waals surface area contributed by atoms with Crippen molar-refractivity contribution in [2.75, 3.05) is 26.6 Å². The van der Waals surface area contributed by atoms with E-state index < -0.39 is 11.9 Å². The Morgan fingerprint density at radius 1 is 1.29 bits per heavy atom. The van der Waals surface area contributed by atoms with Crippen LogP contribution in [-0.2, 0) is 23.8 Å². The van der Waals surface area contributed by atoms with Crippen LogP contribution in [0.15, 0.2) is 11.8 Å². The summed E-state index contributed by atoms with van der Waals surface area (Å²) in [4.78, 5) is 21.5. The van der Waals surface area contributed by atoms with Crippen molar-refractivity contribution in [3.05, 3.63) is 11.8 Å². The molecule has 0 atom stereocenters. The Morgan fingerprint density at radius 3 is 2.36 bits per heavy atom. The molecule has 0 saturated carbocycles. The van der Waals surface area contributed by atoms with Crippen molar-refractivity contribution >= 4 is 24.6 Å². The van der Waals surface area contributed by atoms with Crippen molar-refractivity contribution in [2.45, 2.75) is 0 Å². The van der Waals surface area contributed by atoms with Gasteiger partial charge >= 0.3 is 11.9 Å². The molecule has 0 unspecified atom stereocenters. The van der Waals surface area contributed by atoms with E-state index in [1.165, 1.54) is 14.2 Å². The van der Waals surface area contributed by atoms with Gasteiger partial charge in [0.1, 0.15) is 12.4 Å². The molecule has 0 fully saturated rings. The molecule has 0 amide bonds. The highest BCUT2D eigenvalue weighted by Gasteiger charge is 2.05. The molecule has 0 bridgehead atoms. The maximum absolute atomic E-state index is 10.8. The van der Waals surface area contributed by atoms with E-state index in [2.05, 4.69) is 22.1 Å². The largest absolute Gasteiger partial charge is 0.497 e. The van der Waals surface area contributed by atoms with Gasteiger partial charge < -0.3 is 14.2 Å². The van der Waals surface area contributed by atoms with Crippen molar-refractivity contribution in [3.8, 4) is 0 Å². The van der Waals surface area contributed by atoms with Crippen LogP contribution in [-0.4, -0.2) is 38.5 Å². The van der Waals surface area contributed by atoms with Crippen molar-refractivity contribution in [1.29, 1.82) is 0 Å². The fraction of sp³-hybridized carbons (Fsp3) is 0.500. The number of thiol groups is 1. The summed E-state index contributed by atoms with van der Waals surface area (Å²) in [6.45, 7) is -0.106. The number of hydrogen-bond acceptors (Lipinski definition) is 6. The summed E-state index contributed by atoms with van der Waals surface area (Å²) in [5.41, 5.74) is 0. The minimum absolute atomic E-state index is 0.0186. The standard InChI is InChI=1S/C8H12O5S/c1-11-6(3-7(9)12-2)4-13-8(10)5-14/h3,14H,4-5H2,1-2H3. The topological polar surface area (TPSA) is 61.8 Å². The average Bonchev–Trinajstić information content (AvgIpc) is 2.22. The lowest BCUT2D eigenvalue weighted by molar-refractivity contribution is -0.141. The van der Waals surface area contributed by atoms with Gasteiger partial charge in [0.15, 0.2) is 0 Å². The molecule has 14 heavy (non-hydrogen) atoms. The van der Waals surface area contributed by atoms with Crippen LogP contribution in [0.1, 0.15) is 0 Å². The summed E-state index contributed by atoms with van der Waals surface area (Å²) in [7, 11) is 2.61. The molecule has 0 N–H and O–H groups in total. The first-order chi connectivity index (χ1) is 6.63. The molecule has 0 aliphatic carbocycles. The van der Waals surface area contributed by atoms with Crippen LogP contribution < -0.4 is 0 Å². The zero-order chi connectivity index (χ0) is 11.0. The third-order valence-corrected chi connectivity index (χ3v) is 1.50. The van der Waals surface area contributed by atoms with Gasteiger partial charge in [-0.2, -0.15) is 12.6 Å². The summed E-state index contributed by atoms with van der Waals surface area (Å²) in [6.07, 6.45) is 1.10. The highest BCUT2D eigenvalue weighted by Crippen LogP contribution is 1.98. The first-order valence-corrected chi connectivity index (χ1v) is 4.36. The smallest absolute Gasteiger partial charge is 0.334 e. The Labute approximate surface area is 87.4 Å². The number of ether oxygens (including phenoxy) is 3. The second-order valence-electron chi connectivity index (χ2n) is 2.16.